The number of primary sulfonamides is 1. The molecule has 9 heteroatoms. The van der Waals surface area contributed by atoms with E-state index in [1.807, 2.05) is 0 Å². The minimum atomic E-state index is -3.85. The summed E-state index contributed by atoms with van der Waals surface area (Å²) >= 11 is 5.90. The van der Waals surface area contributed by atoms with Gasteiger partial charge < -0.3 is 15.4 Å². The lowest BCUT2D eigenvalue weighted by Gasteiger charge is -2.13. The zero-order chi connectivity index (χ0) is 14.8. The Morgan fingerprint density at radius 1 is 1.45 bits per heavy atom. The quantitative estimate of drug-likeness (QED) is 0.768. The second-order valence-corrected chi connectivity index (χ2v) is 6.31. The summed E-state index contributed by atoms with van der Waals surface area (Å²) in [5, 5.41) is 10.4. The van der Waals surface area contributed by atoms with Gasteiger partial charge >= 0.3 is 6.03 Å². The molecule has 1 aliphatic rings. The van der Waals surface area contributed by atoms with Crippen molar-refractivity contribution < 1.29 is 17.9 Å². The molecule has 0 bridgehead atoms. The number of rotatable bonds is 3. The number of hydrogen-bond acceptors (Lipinski definition) is 4. The molecule has 1 atom stereocenters. The van der Waals surface area contributed by atoms with Gasteiger partial charge in [-0.15, -0.1) is 0 Å². The van der Waals surface area contributed by atoms with E-state index in [4.69, 9.17) is 21.5 Å². The van der Waals surface area contributed by atoms with Gasteiger partial charge in [0, 0.05) is 6.61 Å². The summed E-state index contributed by atoms with van der Waals surface area (Å²) in [7, 11) is -3.85. The topological polar surface area (TPSA) is 111 Å². The maximum atomic E-state index is 11.8. The average molecular weight is 320 g/mol. The van der Waals surface area contributed by atoms with Crippen LogP contribution in [0.15, 0.2) is 23.1 Å². The van der Waals surface area contributed by atoms with Gasteiger partial charge in [0.1, 0.15) is 0 Å². The molecule has 0 aromatic heterocycles. The lowest BCUT2D eigenvalue weighted by molar-refractivity contribution is 0.189. The van der Waals surface area contributed by atoms with Crippen LogP contribution in [0.1, 0.15) is 6.42 Å². The van der Waals surface area contributed by atoms with Crippen molar-refractivity contribution in [2.24, 2.45) is 5.14 Å². The van der Waals surface area contributed by atoms with Crippen molar-refractivity contribution >= 4 is 33.3 Å². The van der Waals surface area contributed by atoms with Crippen LogP contribution in [-0.4, -0.2) is 33.7 Å². The summed E-state index contributed by atoms with van der Waals surface area (Å²) < 4.78 is 27.6. The van der Waals surface area contributed by atoms with E-state index in [9.17, 15) is 13.2 Å². The van der Waals surface area contributed by atoms with Gasteiger partial charge in [0.2, 0.25) is 10.0 Å². The molecule has 1 heterocycles. The molecule has 2 amide bonds. The molecule has 2 rings (SSSR count). The van der Waals surface area contributed by atoms with Gasteiger partial charge in [-0.2, -0.15) is 0 Å². The number of urea groups is 1. The molecule has 110 valence electrons. The van der Waals surface area contributed by atoms with E-state index in [1.165, 1.54) is 18.2 Å². The maximum absolute atomic E-state index is 11.8. The van der Waals surface area contributed by atoms with Crippen LogP contribution in [0.3, 0.4) is 0 Å². The molecule has 1 saturated heterocycles. The summed E-state index contributed by atoms with van der Waals surface area (Å²) in [6, 6.07) is 3.30. The number of hydrogen-bond donors (Lipinski definition) is 3. The van der Waals surface area contributed by atoms with E-state index >= 15 is 0 Å². The first-order valence-electron chi connectivity index (χ1n) is 5.84. The van der Waals surface area contributed by atoms with E-state index in [1.54, 1.807) is 0 Å². The van der Waals surface area contributed by atoms with Crippen molar-refractivity contribution in [3.8, 4) is 0 Å². The molecule has 7 nitrogen and oxygen atoms in total. The Kier molecular flexibility index (Phi) is 4.48. The third kappa shape index (κ3) is 3.83. The van der Waals surface area contributed by atoms with Crippen molar-refractivity contribution in [3.05, 3.63) is 23.2 Å². The van der Waals surface area contributed by atoms with Crippen molar-refractivity contribution in [1.29, 1.82) is 0 Å². The SMILES string of the molecule is NS(=O)(=O)c1ccc(Cl)c(NC(=O)NC2CCOC2)c1. The van der Waals surface area contributed by atoms with Crippen LogP contribution in [0.4, 0.5) is 10.5 Å². The lowest BCUT2D eigenvalue weighted by Crippen LogP contribution is -2.38. The van der Waals surface area contributed by atoms with E-state index in [0.717, 1.165) is 6.42 Å². The molecular weight excluding hydrogens is 306 g/mol. The molecule has 1 aromatic rings. The monoisotopic (exact) mass is 319 g/mol. The van der Waals surface area contributed by atoms with Crippen molar-refractivity contribution in [3.63, 3.8) is 0 Å². The van der Waals surface area contributed by atoms with Gasteiger partial charge in [-0.3, -0.25) is 0 Å². The van der Waals surface area contributed by atoms with Gasteiger partial charge in [-0.25, -0.2) is 18.4 Å². The van der Waals surface area contributed by atoms with Crippen molar-refractivity contribution in [2.45, 2.75) is 17.4 Å². The average Bonchev–Trinajstić information content (AvgIpc) is 2.83. The Hall–Kier alpha value is -1.35. The minimum Gasteiger partial charge on any atom is -0.379 e. The van der Waals surface area contributed by atoms with Crippen LogP contribution >= 0.6 is 11.6 Å². The number of carbonyl (C=O) groups excluding carboxylic acids is 1. The highest BCUT2D eigenvalue weighted by molar-refractivity contribution is 7.89. The second-order valence-electron chi connectivity index (χ2n) is 4.35. The third-order valence-corrected chi connectivity index (χ3v) is 4.02. The number of nitrogens with two attached hydrogens (primary N) is 1. The Morgan fingerprint density at radius 3 is 2.80 bits per heavy atom. The van der Waals surface area contributed by atoms with E-state index in [0.29, 0.717) is 13.2 Å². The van der Waals surface area contributed by atoms with Crippen LogP contribution in [0.2, 0.25) is 5.02 Å². The first-order chi connectivity index (χ1) is 9.36. The van der Waals surface area contributed by atoms with Crippen LogP contribution in [0, 0.1) is 0 Å². The predicted octanol–water partition coefficient (Wildman–Crippen LogP) is 0.898. The van der Waals surface area contributed by atoms with Crippen LogP contribution in [0.25, 0.3) is 0 Å². The summed E-state index contributed by atoms with van der Waals surface area (Å²) in [5.41, 5.74) is 0.176. The van der Waals surface area contributed by atoms with Crippen molar-refractivity contribution in [2.75, 3.05) is 18.5 Å². The highest BCUT2D eigenvalue weighted by Gasteiger charge is 2.18. The summed E-state index contributed by atoms with van der Waals surface area (Å²) in [6.45, 7) is 1.06. The number of halogens is 1. The first kappa shape index (κ1) is 15.0. The van der Waals surface area contributed by atoms with Crippen LogP contribution < -0.4 is 15.8 Å². The highest BCUT2D eigenvalue weighted by atomic mass is 35.5. The molecule has 1 unspecified atom stereocenters. The number of benzene rings is 1. The van der Waals surface area contributed by atoms with Gasteiger partial charge in [0.15, 0.2) is 0 Å². The third-order valence-electron chi connectivity index (χ3n) is 2.78. The number of amides is 2. The highest BCUT2D eigenvalue weighted by Crippen LogP contribution is 2.24. The van der Waals surface area contributed by atoms with E-state index in [-0.39, 0.29) is 21.6 Å². The Balaban J connectivity index is 2.09. The smallest absolute Gasteiger partial charge is 0.319 e. The number of nitrogens with one attached hydrogen (secondary N) is 2. The van der Waals surface area contributed by atoms with Crippen LogP contribution in [0.5, 0.6) is 0 Å². The van der Waals surface area contributed by atoms with Gasteiger partial charge in [0.05, 0.1) is 28.3 Å². The van der Waals surface area contributed by atoms with Gasteiger partial charge in [0.25, 0.3) is 0 Å². The molecular formula is C11H14ClN3O4S. The fourth-order valence-electron chi connectivity index (χ4n) is 1.77. The number of carbonyl (C=O) groups is 1. The zero-order valence-corrected chi connectivity index (χ0v) is 12.0. The molecule has 0 saturated carbocycles. The first-order valence-corrected chi connectivity index (χ1v) is 7.76. The summed E-state index contributed by atoms with van der Waals surface area (Å²) in [4.78, 5) is 11.6. The standard InChI is InChI=1S/C11H14ClN3O4S/c12-9-2-1-8(20(13,17)18)5-10(9)15-11(16)14-7-3-4-19-6-7/h1-2,5,7H,3-4,6H2,(H2,13,17,18)(H2,14,15,16). The molecule has 1 aromatic carbocycles. The fourth-order valence-corrected chi connectivity index (χ4v) is 2.47. The minimum absolute atomic E-state index is 0.0600. The number of sulfonamides is 1. The van der Waals surface area contributed by atoms with E-state index < -0.39 is 16.1 Å². The van der Waals surface area contributed by atoms with Gasteiger partial charge in [-0.1, -0.05) is 11.6 Å². The molecule has 20 heavy (non-hydrogen) atoms. The van der Waals surface area contributed by atoms with Crippen molar-refractivity contribution in [1.82, 2.24) is 5.32 Å². The summed E-state index contributed by atoms with van der Waals surface area (Å²) in [5.74, 6) is 0. The van der Waals surface area contributed by atoms with Crippen LogP contribution in [-0.2, 0) is 14.8 Å². The molecule has 4 N–H and O–H groups in total. The lowest BCUT2D eigenvalue weighted by atomic mass is 10.3. The molecule has 1 aliphatic heterocycles. The van der Waals surface area contributed by atoms with Gasteiger partial charge in [-0.05, 0) is 24.6 Å². The number of ether oxygens (including phenoxy) is 1. The Morgan fingerprint density at radius 2 is 2.20 bits per heavy atom. The molecule has 0 radical (unpaired) electrons. The normalized spacial score (nSPS) is 18.8. The Bertz CT molecular complexity index is 614. The van der Waals surface area contributed by atoms with E-state index in [2.05, 4.69) is 10.6 Å². The Labute approximate surface area is 121 Å². The molecule has 0 spiro atoms. The number of anilines is 1. The fraction of sp³-hybridized carbons (Fsp3) is 0.364. The zero-order valence-electron chi connectivity index (χ0n) is 10.4. The maximum Gasteiger partial charge on any atom is 0.319 e. The predicted molar refractivity (Wildman–Crippen MR) is 74.2 cm³/mol. The largest absolute Gasteiger partial charge is 0.379 e. The molecule has 0 aliphatic carbocycles. The second kappa shape index (κ2) is 5.96. The summed E-state index contributed by atoms with van der Waals surface area (Å²) in [6.07, 6.45) is 0.734. The molecule has 1 fully saturated rings.